The average Bonchev–Trinajstić information content (AvgIpc) is 2.53. The third kappa shape index (κ3) is 5.83. The zero-order chi connectivity index (χ0) is 19.3. The average molecular weight is 370 g/mol. The van der Waals surface area contributed by atoms with E-state index in [9.17, 15) is 17.6 Å². The summed E-state index contributed by atoms with van der Waals surface area (Å²) in [4.78, 5) is 5.74. The highest BCUT2D eigenvalue weighted by Crippen LogP contribution is 2.24. The highest BCUT2D eigenvalue weighted by atomic mass is 19.4. The van der Waals surface area contributed by atoms with Crippen molar-refractivity contribution in [2.75, 3.05) is 24.3 Å². The molecule has 0 saturated heterocycles. The van der Waals surface area contributed by atoms with Gasteiger partial charge >= 0.3 is 6.36 Å². The van der Waals surface area contributed by atoms with Crippen LogP contribution in [0.4, 0.5) is 28.9 Å². The Morgan fingerprint density at radius 2 is 1.81 bits per heavy atom. The van der Waals surface area contributed by atoms with Crippen molar-refractivity contribution in [2.45, 2.75) is 12.9 Å². The maximum atomic E-state index is 13.9. The minimum Gasteiger partial charge on any atom is -0.406 e. The summed E-state index contributed by atoms with van der Waals surface area (Å²) in [6.45, 7) is 0.152. The van der Waals surface area contributed by atoms with Crippen LogP contribution in [0.5, 0.6) is 5.75 Å². The fourth-order valence-electron chi connectivity index (χ4n) is 2.12. The van der Waals surface area contributed by atoms with E-state index in [-0.39, 0.29) is 24.1 Å². The van der Waals surface area contributed by atoms with Crippen molar-refractivity contribution in [1.82, 2.24) is 0 Å². The Hall–Kier alpha value is -2.97. The van der Waals surface area contributed by atoms with E-state index in [1.165, 1.54) is 18.2 Å². The first-order chi connectivity index (χ1) is 12.1. The van der Waals surface area contributed by atoms with Crippen LogP contribution in [0.3, 0.4) is 0 Å². The molecule has 2 aromatic rings. The van der Waals surface area contributed by atoms with Crippen molar-refractivity contribution in [3.8, 4) is 5.75 Å². The van der Waals surface area contributed by atoms with E-state index in [2.05, 4.69) is 15.0 Å². The van der Waals surface area contributed by atoms with Gasteiger partial charge in [-0.15, -0.1) is 13.2 Å². The zero-order valence-corrected chi connectivity index (χ0v) is 14.1. The van der Waals surface area contributed by atoms with Gasteiger partial charge in [-0.3, -0.25) is 0 Å². The summed E-state index contributed by atoms with van der Waals surface area (Å²) in [5.41, 5.74) is 7.27. The monoisotopic (exact) mass is 370 g/mol. The lowest BCUT2D eigenvalue weighted by Crippen LogP contribution is -2.22. The summed E-state index contributed by atoms with van der Waals surface area (Å²) in [5.74, 6) is -0.656. The zero-order valence-electron chi connectivity index (χ0n) is 14.1. The lowest BCUT2D eigenvalue weighted by Gasteiger charge is -2.13. The number of ether oxygens (including phenoxy) is 1. The number of anilines is 2. The Balaban J connectivity index is 1.97. The number of guanidine groups is 1. The van der Waals surface area contributed by atoms with E-state index in [0.29, 0.717) is 16.9 Å². The number of hydrogen-bond acceptors (Lipinski definition) is 3. The molecule has 0 radical (unpaired) electrons. The van der Waals surface area contributed by atoms with E-state index in [1.54, 1.807) is 31.1 Å². The number of alkyl halides is 3. The first-order valence-corrected chi connectivity index (χ1v) is 7.52. The van der Waals surface area contributed by atoms with Gasteiger partial charge in [0.15, 0.2) is 5.96 Å². The van der Waals surface area contributed by atoms with E-state index in [4.69, 9.17) is 5.73 Å². The first-order valence-electron chi connectivity index (χ1n) is 7.52. The van der Waals surface area contributed by atoms with Crippen molar-refractivity contribution in [3.63, 3.8) is 0 Å². The molecular formula is C17H18F4N4O. The topological polar surface area (TPSA) is 62.9 Å². The van der Waals surface area contributed by atoms with Gasteiger partial charge < -0.3 is 20.7 Å². The van der Waals surface area contributed by atoms with Crippen LogP contribution < -0.4 is 20.7 Å². The molecule has 9 heteroatoms. The van der Waals surface area contributed by atoms with Gasteiger partial charge in [0.25, 0.3) is 0 Å². The van der Waals surface area contributed by atoms with E-state index >= 15 is 0 Å². The van der Waals surface area contributed by atoms with Crippen LogP contribution in [-0.4, -0.2) is 26.4 Å². The molecule has 0 aliphatic rings. The van der Waals surface area contributed by atoms with Crippen molar-refractivity contribution in [3.05, 3.63) is 53.8 Å². The molecule has 0 saturated carbocycles. The molecule has 2 aromatic carbocycles. The minimum atomic E-state index is -4.74. The van der Waals surface area contributed by atoms with E-state index < -0.39 is 6.36 Å². The molecule has 140 valence electrons. The van der Waals surface area contributed by atoms with Gasteiger partial charge in [-0.05, 0) is 42.0 Å². The Morgan fingerprint density at radius 1 is 1.15 bits per heavy atom. The molecule has 3 N–H and O–H groups in total. The van der Waals surface area contributed by atoms with Crippen molar-refractivity contribution in [2.24, 2.45) is 10.7 Å². The Bertz CT molecular complexity index is 773. The summed E-state index contributed by atoms with van der Waals surface area (Å²) >= 11 is 0. The van der Waals surface area contributed by atoms with Gasteiger partial charge in [-0.1, -0.05) is 6.07 Å². The quantitative estimate of drug-likeness (QED) is 0.478. The summed E-state index contributed by atoms with van der Waals surface area (Å²) < 4.78 is 54.0. The molecule has 0 spiro atoms. The Morgan fingerprint density at radius 3 is 2.35 bits per heavy atom. The number of halogens is 4. The highest BCUT2D eigenvalue weighted by molar-refractivity contribution is 5.92. The van der Waals surface area contributed by atoms with Crippen LogP contribution in [0.1, 0.15) is 5.56 Å². The van der Waals surface area contributed by atoms with Crippen LogP contribution in [0.25, 0.3) is 0 Å². The predicted octanol–water partition coefficient (Wildman–Crippen LogP) is 3.72. The molecule has 0 heterocycles. The van der Waals surface area contributed by atoms with Crippen molar-refractivity contribution in [1.29, 1.82) is 0 Å². The maximum Gasteiger partial charge on any atom is 0.573 e. The largest absolute Gasteiger partial charge is 0.573 e. The Labute approximate surface area is 148 Å². The van der Waals surface area contributed by atoms with Crippen LogP contribution in [0.15, 0.2) is 47.5 Å². The second kappa shape index (κ2) is 7.94. The van der Waals surface area contributed by atoms with Crippen molar-refractivity contribution >= 4 is 17.3 Å². The highest BCUT2D eigenvalue weighted by Gasteiger charge is 2.30. The molecule has 26 heavy (non-hydrogen) atoms. The molecule has 0 fully saturated rings. The van der Waals surface area contributed by atoms with Crippen LogP contribution >= 0.6 is 0 Å². The van der Waals surface area contributed by atoms with Gasteiger partial charge in [-0.25, -0.2) is 9.38 Å². The summed E-state index contributed by atoms with van der Waals surface area (Å²) in [6, 6.07) is 9.79. The maximum absolute atomic E-state index is 13.9. The SMILES string of the molecule is CN(C)c1ccc(CN=C(N)Nc2ccc(OC(F)(F)F)cc2)cc1F. The number of benzene rings is 2. The number of nitrogens with zero attached hydrogens (tertiary/aromatic N) is 2. The van der Waals surface area contributed by atoms with E-state index in [1.807, 2.05) is 0 Å². The molecule has 0 amide bonds. The first kappa shape index (κ1) is 19.4. The van der Waals surface area contributed by atoms with Gasteiger partial charge in [-0.2, -0.15) is 0 Å². The molecule has 0 aromatic heterocycles. The van der Waals surface area contributed by atoms with Crippen LogP contribution in [0, 0.1) is 5.82 Å². The normalized spacial score (nSPS) is 12.0. The molecule has 5 nitrogen and oxygen atoms in total. The molecular weight excluding hydrogens is 352 g/mol. The third-order valence-corrected chi connectivity index (χ3v) is 3.29. The van der Waals surface area contributed by atoms with Crippen LogP contribution in [-0.2, 0) is 6.54 Å². The summed E-state index contributed by atoms with van der Waals surface area (Å²) in [5, 5.41) is 2.74. The number of hydrogen-bond donors (Lipinski definition) is 2. The third-order valence-electron chi connectivity index (χ3n) is 3.29. The van der Waals surface area contributed by atoms with Crippen LogP contribution in [0.2, 0.25) is 0 Å². The molecule has 0 bridgehead atoms. The number of nitrogens with one attached hydrogen (secondary N) is 1. The molecule has 0 aliphatic carbocycles. The number of nitrogens with two attached hydrogens (primary N) is 1. The smallest absolute Gasteiger partial charge is 0.406 e. The standard InChI is InChI=1S/C17H18F4N4O/c1-25(2)15-8-3-11(9-14(15)18)10-23-16(22)24-12-4-6-13(7-5-12)26-17(19,20)21/h3-9H,10H2,1-2H3,(H3,22,23,24). The molecule has 0 aliphatic heterocycles. The fourth-order valence-corrected chi connectivity index (χ4v) is 2.12. The minimum absolute atomic E-state index is 0.0478. The summed E-state index contributed by atoms with van der Waals surface area (Å²) in [6.07, 6.45) is -4.74. The van der Waals surface area contributed by atoms with Gasteiger partial charge in [0.05, 0.1) is 12.2 Å². The van der Waals surface area contributed by atoms with Gasteiger partial charge in [0, 0.05) is 19.8 Å². The Kier molecular flexibility index (Phi) is 5.91. The molecule has 0 unspecified atom stereocenters. The molecule has 2 rings (SSSR count). The second-order valence-electron chi connectivity index (χ2n) is 5.58. The fraction of sp³-hybridized carbons (Fsp3) is 0.235. The predicted molar refractivity (Wildman–Crippen MR) is 92.8 cm³/mol. The summed E-state index contributed by atoms with van der Waals surface area (Å²) in [7, 11) is 3.48. The lowest BCUT2D eigenvalue weighted by molar-refractivity contribution is -0.274. The van der Waals surface area contributed by atoms with Gasteiger partial charge in [0.2, 0.25) is 0 Å². The van der Waals surface area contributed by atoms with Gasteiger partial charge in [0.1, 0.15) is 11.6 Å². The lowest BCUT2D eigenvalue weighted by atomic mass is 10.2. The van der Waals surface area contributed by atoms with E-state index in [0.717, 1.165) is 12.1 Å². The second-order valence-corrected chi connectivity index (χ2v) is 5.58. The molecule has 0 atom stereocenters. The van der Waals surface area contributed by atoms with Crippen molar-refractivity contribution < 1.29 is 22.3 Å². The number of rotatable bonds is 5. The number of aliphatic imine (C=N–C) groups is 1.